The molecule has 1 aromatic rings. The summed E-state index contributed by atoms with van der Waals surface area (Å²) in [7, 11) is 0. The summed E-state index contributed by atoms with van der Waals surface area (Å²) in [6, 6.07) is 1.42. The second kappa shape index (κ2) is 4.64. The van der Waals surface area contributed by atoms with Crippen LogP contribution in [0.1, 0.15) is 11.6 Å². The molecule has 92 valence electrons. The molecule has 1 heterocycles. The summed E-state index contributed by atoms with van der Waals surface area (Å²) in [6.45, 7) is 1.32. The number of nitrogens with zero attached hydrogens (tertiary/aromatic N) is 1. The van der Waals surface area contributed by atoms with Crippen LogP contribution in [0.3, 0.4) is 0 Å². The zero-order valence-electron chi connectivity index (χ0n) is 8.85. The lowest BCUT2D eigenvalue weighted by atomic mass is 10.0. The largest absolute Gasteiger partial charge is 0.505 e. The van der Waals surface area contributed by atoms with E-state index >= 15 is 0 Å². The van der Waals surface area contributed by atoms with E-state index in [1.165, 1.54) is 0 Å². The third-order valence-electron chi connectivity index (χ3n) is 2.59. The Bertz CT molecular complexity index is 446. The van der Waals surface area contributed by atoms with Crippen molar-refractivity contribution in [3.63, 3.8) is 0 Å². The first-order valence-corrected chi connectivity index (χ1v) is 5.07. The van der Waals surface area contributed by atoms with Gasteiger partial charge in [-0.2, -0.15) is 0 Å². The molecule has 1 aromatic carbocycles. The molecule has 0 saturated carbocycles. The van der Waals surface area contributed by atoms with E-state index in [1.807, 2.05) is 0 Å². The Morgan fingerprint density at radius 1 is 1.59 bits per heavy atom. The van der Waals surface area contributed by atoms with Crippen LogP contribution in [0.25, 0.3) is 0 Å². The Hall–Kier alpha value is -1.73. The Kier molecular flexibility index (Phi) is 3.21. The van der Waals surface area contributed by atoms with Crippen LogP contribution in [0.15, 0.2) is 12.1 Å². The number of nitro benzene ring substituents is 1. The molecule has 1 fully saturated rings. The molecular weight excluding hydrogens is 231 g/mol. The minimum atomic E-state index is -0.999. The third kappa shape index (κ3) is 2.34. The summed E-state index contributed by atoms with van der Waals surface area (Å²) in [5.41, 5.74) is -0.237. The van der Waals surface area contributed by atoms with E-state index in [-0.39, 0.29) is 17.9 Å². The summed E-state index contributed by atoms with van der Waals surface area (Å²) >= 11 is 0. The quantitative estimate of drug-likeness (QED) is 0.599. The number of hydrogen-bond donors (Lipinski definition) is 2. The third-order valence-corrected chi connectivity index (χ3v) is 2.59. The van der Waals surface area contributed by atoms with Crippen LogP contribution in [0.5, 0.6) is 5.75 Å². The second-order valence-corrected chi connectivity index (χ2v) is 3.70. The van der Waals surface area contributed by atoms with Crippen molar-refractivity contribution in [2.75, 3.05) is 19.8 Å². The second-order valence-electron chi connectivity index (χ2n) is 3.70. The molecule has 0 radical (unpaired) electrons. The molecule has 6 nitrogen and oxygen atoms in total. The van der Waals surface area contributed by atoms with Gasteiger partial charge in [0.2, 0.25) is 0 Å². The monoisotopic (exact) mass is 242 g/mol. The molecular formula is C10H11FN2O4. The van der Waals surface area contributed by atoms with E-state index in [9.17, 15) is 19.6 Å². The summed E-state index contributed by atoms with van der Waals surface area (Å²) in [4.78, 5) is 9.91. The molecule has 0 aromatic heterocycles. The number of nitrogens with one attached hydrogen (secondary N) is 1. The standard InChI is InChI=1S/C10H11FN2O4/c11-8-4-6(13(15)16)3-7(10(8)14)9-5-17-2-1-12-9/h3-4,9,12,14H,1-2,5H2/t9-/m0/s1. The maximum absolute atomic E-state index is 13.3. The van der Waals surface area contributed by atoms with Gasteiger partial charge in [-0.15, -0.1) is 0 Å². The molecule has 1 aliphatic heterocycles. The van der Waals surface area contributed by atoms with Crippen LogP contribution in [0.2, 0.25) is 0 Å². The maximum atomic E-state index is 13.3. The van der Waals surface area contributed by atoms with Gasteiger partial charge in [-0.05, 0) is 0 Å². The first kappa shape index (κ1) is 11.7. The average Bonchev–Trinajstić information content (AvgIpc) is 2.33. The summed E-state index contributed by atoms with van der Waals surface area (Å²) in [5, 5.41) is 23.2. The van der Waals surface area contributed by atoms with Crippen molar-refractivity contribution in [3.8, 4) is 5.75 Å². The number of hydrogen-bond acceptors (Lipinski definition) is 5. The zero-order valence-corrected chi connectivity index (χ0v) is 8.85. The van der Waals surface area contributed by atoms with Crippen LogP contribution in [0.4, 0.5) is 10.1 Å². The minimum Gasteiger partial charge on any atom is -0.505 e. The minimum absolute atomic E-state index is 0.149. The van der Waals surface area contributed by atoms with E-state index in [0.717, 1.165) is 6.07 Å². The Morgan fingerprint density at radius 2 is 2.35 bits per heavy atom. The molecule has 7 heteroatoms. The molecule has 2 N–H and O–H groups in total. The highest BCUT2D eigenvalue weighted by molar-refractivity contribution is 5.46. The molecule has 17 heavy (non-hydrogen) atoms. The lowest BCUT2D eigenvalue weighted by molar-refractivity contribution is -0.385. The van der Waals surface area contributed by atoms with Gasteiger partial charge in [-0.25, -0.2) is 4.39 Å². The molecule has 1 aliphatic rings. The van der Waals surface area contributed by atoms with Gasteiger partial charge in [0.15, 0.2) is 11.6 Å². The Labute approximate surface area is 96.2 Å². The lowest BCUT2D eigenvalue weighted by Crippen LogP contribution is -2.34. The predicted molar refractivity (Wildman–Crippen MR) is 56.3 cm³/mol. The highest BCUT2D eigenvalue weighted by Crippen LogP contribution is 2.32. The Balaban J connectivity index is 2.40. The van der Waals surface area contributed by atoms with Gasteiger partial charge in [-0.3, -0.25) is 10.1 Å². The van der Waals surface area contributed by atoms with E-state index in [4.69, 9.17) is 4.74 Å². The Morgan fingerprint density at radius 3 is 2.94 bits per heavy atom. The first-order chi connectivity index (χ1) is 8.09. The van der Waals surface area contributed by atoms with Crippen molar-refractivity contribution < 1.29 is 19.2 Å². The molecule has 1 atom stereocenters. The highest BCUT2D eigenvalue weighted by Gasteiger charge is 2.24. The van der Waals surface area contributed by atoms with Crippen LogP contribution in [-0.4, -0.2) is 29.8 Å². The number of aromatic hydroxyl groups is 1. The average molecular weight is 242 g/mol. The number of nitro groups is 1. The van der Waals surface area contributed by atoms with Crippen molar-refractivity contribution >= 4 is 5.69 Å². The molecule has 0 bridgehead atoms. The number of phenolic OH excluding ortho intramolecular Hbond substituents is 1. The molecule has 0 unspecified atom stereocenters. The number of rotatable bonds is 2. The van der Waals surface area contributed by atoms with Crippen LogP contribution < -0.4 is 5.32 Å². The number of phenols is 1. The van der Waals surface area contributed by atoms with Gasteiger partial charge < -0.3 is 15.2 Å². The van der Waals surface area contributed by atoms with Gasteiger partial charge in [-0.1, -0.05) is 0 Å². The number of benzene rings is 1. The molecule has 0 amide bonds. The summed E-state index contributed by atoms with van der Waals surface area (Å²) < 4.78 is 18.5. The summed E-state index contributed by atoms with van der Waals surface area (Å²) in [6.07, 6.45) is 0. The topological polar surface area (TPSA) is 84.6 Å². The fraction of sp³-hybridized carbons (Fsp3) is 0.400. The summed E-state index contributed by atoms with van der Waals surface area (Å²) in [5.74, 6) is -1.57. The normalized spacial score (nSPS) is 20.2. The van der Waals surface area contributed by atoms with Gasteiger partial charge in [0, 0.05) is 18.2 Å². The molecule has 0 spiro atoms. The fourth-order valence-corrected chi connectivity index (χ4v) is 1.74. The molecule has 2 rings (SSSR count). The lowest BCUT2D eigenvalue weighted by Gasteiger charge is -2.24. The van der Waals surface area contributed by atoms with E-state index < -0.39 is 22.5 Å². The molecule has 1 saturated heterocycles. The van der Waals surface area contributed by atoms with Crippen LogP contribution in [-0.2, 0) is 4.74 Å². The smallest absolute Gasteiger partial charge is 0.272 e. The number of morpholine rings is 1. The van der Waals surface area contributed by atoms with E-state index in [0.29, 0.717) is 19.2 Å². The van der Waals surface area contributed by atoms with Crippen molar-refractivity contribution in [2.24, 2.45) is 0 Å². The number of non-ortho nitro benzene ring substituents is 1. The van der Waals surface area contributed by atoms with Crippen LogP contribution >= 0.6 is 0 Å². The van der Waals surface area contributed by atoms with Crippen molar-refractivity contribution in [2.45, 2.75) is 6.04 Å². The zero-order chi connectivity index (χ0) is 12.4. The van der Waals surface area contributed by atoms with Gasteiger partial charge >= 0.3 is 0 Å². The van der Waals surface area contributed by atoms with Gasteiger partial charge in [0.25, 0.3) is 5.69 Å². The van der Waals surface area contributed by atoms with Gasteiger partial charge in [0.05, 0.1) is 30.2 Å². The number of halogens is 1. The maximum Gasteiger partial charge on any atom is 0.272 e. The number of ether oxygens (including phenoxy) is 1. The highest BCUT2D eigenvalue weighted by atomic mass is 19.1. The van der Waals surface area contributed by atoms with Crippen LogP contribution in [0, 0.1) is 15.9 Å². The fourth-order valence-electron chi connectivity index (χ4n) is 1.74. The van der Waals surface area contributed by atoms with Crippen molar-refractivity contribution in [1.29, 1.82) is 0 Å². The van der Waals surface area contributed by atoms with E-state index in [1.54, 1.807) is 0 Å². The van der Waals surface area contributed by atoms with E-state index in [2.05, 4.69) is 5.32 Å². The van der Waals surface area contributed by atoms with Gasteiger partial charge in [0.1, 0.15) is 0 Å². The first-order valence-electron chi connectivity index (χ1n) is 5.07. The predicted octanol–water partition coefficient (Wildman–Crippen LogP) is 1.10. The molecule has 0 aliphatic carbocycles. The van der Waals surface area contributed by atoms with Crippen molar-refractivity contribution in [1.82, 2.24) is 5.32 Å². The van der Waals surface area contributed by atoms with Crippen molar-refractivity contribution in [3.05, 3.63) is 33.6 Å². The SMILES string of the molecule is O=[N+]([O-])c1cc(F)c(O)c([C@@H]2COCCN2)c1.